The number of fused-ring (bicyclic) bond motifs is 1. The molecule has 0 fully saturated rings. The van der Waals surface area contributed by atoms with Gasteiger partial charge in [0.2, 0.25) is 0 Å². The molecule has 152 valence electrons. The van der Waals surface area contributed by atoms with Gasteiger partial charge in [-0.2, -0.15) is 0 Å². The number of hydrogen-bond acceptors (Lipinski definition) is 7. The maximum absolute atomic E-state index is 6.08. The van der Waals surface area contributed by atoms with Crippen LogP contribution in [0.15, 0.2) is 40.5 Å². The van der Waals surface area contributed by atoms with Crippen LogP contribution < -0.4 is 9.47 Å². The molecule has 8 heteroatoms. The molecule has 3 aromatic rings. The summed E-state index contributed by atoms with van der Waals surface area (Å²) in [6.45, 7) is 8.88. The second-order valence-corrected chi connectivity index (χ2v) is 8.65. The van der Waals surface area contributed by atoms with E-state index in [-0.39, 0.29) is 12.0 Å². The summed E-state index contributed by atoms with van der Waals surface area (Å²) < 4.78 is 13.8. The third-order valence-corrected chi connectivity index (χ3v) is 5.67. The Kier molecular flexibility index (Phi) is 5.45. The smallest absolute Gasteiger partial charge is 0.197 e. The summed E-state index contributed by atoms with van der Waals surface area (Å²) >= 11 is 1.49. The van der Waals surface area contributed by atoms with Crippen LogP contribution in [0.4, 0.5) is 0 Å². The molecular formula is C21H25N5O2S. The van der Waals surface area contributed by atoms with Crippen molar-refractivity contribution >= 4 is 11.8 Å². The van der Waals surface area contributed by atoms with Gasteiger partial charge >= 0.3 is 0 Å². The minimum absolute atomic E-state index is 0.260. The maximum atomic E-state index is 6.08. The monoisotopic (exact) mass is 411 g/mol. The highest BCUT2D eigenvalue weighted by atomic mass is 32.2. The number of hydrogen-bond donors (Lipinski definition) is 0. The first-order chi connectivity index (χ1) is 13.9. The Labute approximate surface area is 174 Å². The molecule has 1 aromatic carbocycles. The molecule has 7 nitrogen and oxygen atoms in total. The number of ether oxygens (including phenoxy) is 2. The third-order valence-electron chi connectivity index (χ3n) is 4.71. The van der Waals surface area contributed by atoms with Gasteiger partial charge in [-0.05, 0) is 35.9 Å². The van der Waals surface area contributed by atoms with Crippen molar-refractivity contribution in [3.05, 3.63) is 47.7 Å². The molecule has 0 aliphatic carbocycles. The van der Waals surface area contributed by atoms with Crippen molar-refractivity contribution in [3.63, 3.8) is 0 Å². The second-order valence-electron chi connectivity index (χ2n) is 7.66. The van der Waals surface area contributed by atoms with E-state index in [9.17, 15) is 0 Å². The normalized spacial score (nSPS) is 15.9. The van der Waals surface area contributed by atoms with Gasteiger partial charge in [-0.3, -0.25) is 0 Å². The zero-order chi connectivity index (χ0) is 20.5. The number of para-hydroxylation sites is 2. The molecule has 0 spiro atoms. The van der Waals surface area contributed by atoms with Crippen LogP contribution in [0.5, 0.6) is 11.5 Å². The SMILES string of the molecule is CC(C)c1cc(Sc2nnc(C3COc4ccccc4O3)n2C)nc(C(C)C)n1. The summed E-state index contributed by atoms with van der Waals surface area (Å²) in [6.07, 6.45) is -0.306. The number of aromatic nitrogens is 5. The minimum atomic E-state index is -0.306. The Morgan fingerprint density at radius 1 is 1.03 bits per heavy atom. The largest absolute Gasteiger partial charge is 0.485 e. The van der Waals surface area contributed by atoms with Crippen LogP contribution >= 0.6 is 11.8 Å². The lowest BCUT2D eigenvalue weighted by molar-refractivity contribution is 0.0825. The zero-order valence-corrected chi connectivity index (χ0v) is 18.1. The molecule has 3 heterocycles. The van der Waals surface area contributed by atoms with E-state index >= 15 is 0 Å². The lowest BCUT2D eigenvalue weighted by Gasteiger charge is -2.25. The third kappa shape index (κ3) is 4.07. The molecule has 1 unspecified atom stereocenters. The number of benzene rings is 1. The van der Waals surface area contributed by atoms with E-state index in [1.165, 1.54) is 11.8 Å². The molecule has 1 aliphatic rings. The Hall–Kier alpha value is -2.61. The standard InChI is InChI=1S/C21H25N5O2S/c1-12(2)14-10-18(23-19(22-14)13(3)4)29-21-25-24-20(26(21)5)17-11-27-15-8-6-7-9-16(15)28-17/h6-10,12-13,17H,11H2,1-5H3. The molecule has 1 aliphatic heterocycles. The quantitative estimate of drug-likeness (QED) is 0.572. The van der Waals surface area contributed by atoms with Crippen LogP contribution in [0.1, 0.15) is 63.0 Å². The van der Waals surface area contributed by atoms with E-state index in [4.69, 9.17) is 19.4 Å². The van der Waals surface area contributed by atoms with Gasteiger partial charge in [0, 0.05) is 18.7 Å². The van der Waals surface area contributed by atoms with Gasteiger partial charge in [-0.1, -0.05) is 39.8 Å². The Balaban J connectivity index is 1.58. The van der Waals surface area contributed by atoms with Crippen LogP contribution in [0, 0.1) is 0 Å². The summed E-state index contributed by atoms with van der Waals surface area (Å²) in [5.41, 5.74) is 1.04. The van der Waals surface area contributed by atoms with Gasteiger partial charge in [-0.25, -0.2) is 9.97 Å². The lowest BCUT2D eigenvalue weighted by Crippen LogP contribution is -2.24. The highest BCUT2D eigenvalue weighted by molar-refractivity contribution is 7.99. The van der Waals surface area contributed by atoms with E-state index in [1.807, 2.05) is 41.9 Å². The molecule has 0 bridgehead atoms. The molecule has 0 saturated carbocycles. The Bertz CT molecular complexity index is 992. The second kappa shape index (κ2) is 8.02. The van der Waals surface area contributed by atoms with Crippen LogP contribution in [0.2, 0.25) is 0 Å². The highest BCUT2D eigenvalue weighted by Crippen LogP contribution is 2.36. The fourth-order valence-corrected chi connectivity index (χ4v) is 3.82. The Morgan fingerprint density at radius 3 is 2.52 bits per heavy atom. The molecule has 4 rings (SSSR count). The van der Waals surface area contributed by atoms with Crippen LogP contribution in [0.25, 0.3) is 0 Å². The highest BCUT2D eigenvalue weighted by Gasteiger charge is 2.27. The lowest BCUT2D eigenvalue weighted by atomic mass is 10.1. The van der Waals surface area contributed by atoms with Crippen molar-refractivity contribution in [1.29, 1.82) is 0 Å². The van der Waals surface area contributed by atoms with E-state index < -0.39 is 0 Å². The topological polar surface area (TPSA) is 75.0 Å². The van der Waals surface area contributed by atoms with Crippen LogP contribution in [0.3, 0.4) is 0 Å². The van der Waals surface area contributed by atoms with Crippen molar-refractivity contribution in [2.45, 2.75) is 55.8 Å². The predicted molar refractivity (Wildman–Crippen MR) is 111 cm³/mol. The van der Waals surface area contributed by atoms with Crippen LogP contribution in [-0.4, -0.2) is 31.3 Å². The zero-order valence-electron chi connectivity index (χ0n) is 17.3. The fraction of sp³-hybridized carbons (Fsp3) is 0.429. The van der Waals surface area contributed by atoms with Gasteiger partial charge in [0.15, 0.2) is 28.6 Å². The average molecular weight is 412 g/mol. The first kappa shape index (κ1) is 19.7. The summed E-state index contributed by atoms with van der Waals surface area (Å²) in [4.78, 5) is 9.41. The van der Waals surface area contributed by atoms with E-state index in [0.29, 0.717) is 12.5 Å². The van der Waals surface area contributed by atoms with Crippen molar-refractivity contribution in [1.82, 2.24) is 24.7 Å². The average Bonchev–Trinajstić information content (AvgIpc) is 3.07. The van der Waals surface area contributed by atoms with E-state index in [2.05, 4.69) is 37.9 Å². The van der Waals surface area contributed by atoms with E-state index in [0.717, 1.165) is 39.0 Å². The van der Waals surface area contributed by atoms with Gasteiger partial charge < -0.3 is 14.0 Å². The van der Waals surface area contributed by atoms with E-state index in [1.54, 1.807) is 0 Å². The molecule has 2 aromatic heterocycles. The molecule has 0 saturated heterocycles. The molecular weight excluding hydrogens is 386 g/mol. The van der Waals surface area contributed by atoms with Gasteiger partial charge in [0.1, 0.15) is 17.5 Å². The van der Waals surface area contributed by atoms with Crippen molar-refractivity contribution in [2.75, 3.05) is 6.61 Å². The Morgan fingerprint density at radius 2 is 1.79 bits per heavy atom. The summed E-state index contributed by atoms with van der Waals surface area (Å²) in [6, 6.07) is 9.69. The van der Waals surface area contributed by atoms with Crippen molar-refractivity contribution in [3.8, 4) is 11.5 Å². The fourth-order valence-electron chi connectivity index (χ4n) is 3.00. The maximum Gasteiger partial charge on any atom is 0.197 e. The number of rotatable bonds is 5. The minimum Gasteiger partial charge on any atom is -0.485 e. The molecule has 0 amide bonds. The predicted octanol–water partition coefficient (Wildman–Crippen LogP) is 4.52. The molecule has 0 radical (unpaired) electrons. The molecule has 0 N–H and O–H groups in total. The summed E-state index contributed by atoms with van der Waals surface area (Å²) in [5, 5.41) is 10.4. The van der Waals surface area contributed by atoms with Gasteiger partial charge in [0.25, 0.3) is 0 Å². The summed E-state index contributed by atoms with van der Waals surface area (Å²) in [7, 11) is 1.94. The molecule has 1 atom stereocenters. The van der Waals surface area contributed by atoms with Gasteiger partial charge in [-0.15, -0.1) is 10.2 Å². The van der Waals surface area contributed by atoms with Crippen molar-refractivity contribution < 1.29 is 9.47 Å². The summed E-state index contributed by atoms with van der Waals surface area (Å²) in [5.74, 6) is 3.64. The van der Waals surface area contributed by atoms with Gasteiger partial charge in [0.05, 0.1) is 0 Å². The first-order valence-corrected chi connectivity index (χ1v) is 10.6. The van der Waals surface area contributed by atoms with Crippen molar-refractivity contribution in [2.24, 2.45) is 7.05 Å². The van der Waals surface area contributed by atoms with Crippen LogP contribution in [-0.2, 0) is 7.05 Å². The first-order valence-electron chi connectivity index (χ1n) is 9.77. The molecule has 29 heavy (non-hydrogen) atoms. The number of nitrogens with zero attached hydrogens (tertiary/aromatic N) is 5.